The van der Waals surface area contributed by atoms with Crippen LogP contribution in [0.25, 0.3) is 38.6 Å². The Hall–Kier alpha value is -4.30. The molecule has 0 spiro atoms. The predicted octanol–water partition coefficient (Wildman–Crippen LogP) is 9.53. The minimum absolute atomic E-state index is 0.0398. The Labute approximate surface area is 229 Å². The summed E-state index contributed by atoms with van der Waals surface area (Å²) in [4.78, 5) is 0. The third kappa shape index (κ3) is 2.92. The molecule has 0 radical (unpaired) electrons. The summed E-state index contributed by atoms with van der Waals surface area (Å²) < 4.78 is 2.53. The van der Waals surface area contributed by atoms with Crippen molar-refractivity contribution in [2.24, 2.45) is 0 Å². The lowest BCUT2D eigenvalue weighted by Crippen LogP contribution is -2.25. The smallest absolute Gasteiger partial charge is 0.0606 e. The molecule has 5 aromatic carbocycles. The van der Waals surface area contributed by atoms with Gasteiger partial charge in [-0.3, -0.25) is 0 Å². The first-order chi connectivity index (χ1) is 18.9. The third-order valence-corrected chi connectivity index (χ3v) is 9.46. The molecule has 2 aliphatic rings. The fraction of sp³-hybridized carbons (Fsp3) is 0.189. The van der Waals surface area contributed by atoms with Gasteiger partial charge in [0.05, 0.1) is 17.1 Å². The second-order valence-corrected chi connectivity index (χ2v) is 12.3. The van der Waals surface area contributed by atoms with Crippen LogP contribution in [0.5, 0.6) is 0 Å². The second-order valence-electron chi connectivity index (χ2n) is 12.3. The SMILES string of the molecule is CC1(C)c2ccccc2-c2ccc(-n3c4ccccc4c4ccc5c(c43)C(C)(C)C(c3ccccc3)N5)cc21. The van der Waals surface area contributed by atoms with Crippen LogP contribution in [0.1, 0.15) is 56.0 Å². The average molecular weight is 505 g/mol. The number of hydrogen-bond donors (Lipinski definition) is 1. The lowest BCUT2D eigenvalue weighted by Gasteiger charge is -2.29. The molecule has 190 valence electrons. The van der Waals surface area contributed by atoms with Gasteiger partial charge in [-0.25, -0.2) is 0 Å². The molecule has 1 aliphatic heterocycles. The number of fused-ring (bicyclic) bond motifs is 8. The Morgan fingerprint density at radius 2 is 1.36 bits per heavy atom. The Morgan fingerprint density at radius 1 is 0.641 bits per heavy atom. The van der Waals surface area contributed by atoms with E-state index in [9.17, 15) is 0 Å². The molecule has 0 saturated carbocycles. The van der Waals surface area contributed by atoms with Gasteiger partial charge in [0.25, 0.3) is 0 Å². The molecule has 2 heterocycles. The Balaban J connectivity index is 1.42. The van der Waals surface area contributed by atoms with E-state index in [2.05, 4.69) is 147 Å². The van der Waals surface area contributed by atoms with Crippen molar-refractivity contribution in [1.29, 1.82) is 0 Å². The normalized spacial score (nSPS) is 18.1. The molecule has 1 aliphatic carbocycles. The van der Waals surface area contributed by atoms with Crippen molar-refractivity contribution in [3.63, 3.8) is 0 Å². The molecule has 0 amide bonds. The van der Waals surface area contributed by atoms with Crippen LogP contribution in [0.4, 0.5) is 5.69 Å². The van der Waals surface area contributed by atoms with Gasteiger partial charge in [0, 0.05) is 38.5 Å². The standard InChI is InChI=1S/C37H32N2/c1-36(2)29-16-10-8-14-25(29)26-19-18-24(22-30(26)36)39-32-17-11-9-15-27(32)28-20-21-31-33(34(28)39)37(3,4)35(38-31)23-12-6-5-7-13-23/h5-22,35,38H,1-4H3. The third-order valence-electron chi connectivity index (χ3n) is 9.46. The summed E-state index contributed by atoms with van der Waals surface area (Å²) in [6, 6.07) is 40.6. The van der Waals surface area contributed by atoms with Gasteiger partial charge < -0.3 is 9.88 Å². The van der Waals surface area contributed by atoms with Gasteiger partial charge in [0.2, 0.25) is 0 Å². The first-order valence-electron chi connectivity index (χ1n) is 14.0. The summed E-state index contributed by atoms with van der Waals surface area (Å²) in [5.74, 6) is 0. The van der Waals surface area contributed by atoms with Gasteiger partial charge in [0.1, 0.15) is 0 Å². The van der Waals surface area contributed by atoms with Crippen molar-refractivity contribution in [3.05, 3.63) is 131 Å². The summed E-state index contributed by atoms with van der Waals surface area (Å²) in [7, 11) is 0. The molecular formula is C37H32N2. The topological polar surface area (TPSA) is 17.0 Å². The van der Waals surface area contributed by atoms with Gasteiger partial charge in [-0.2, -0.15) is 0 Å². The van der Waals surface area contributed by atoms with Crippen LogP contribution in [0.2, 0.25) is 0 Å². The van der Waals surface area contributed by atoms with E-state index in [0.717, 1.165) is 0 Å². The average Bonchev–Trinajstić information content (AvgIpc) is 3.52. The van der Waals surface area contributed by atoms with E-state index in [1.807, 2.05) is 0 Å². The van der Waals surface area contributed by atoms with E-state index in [4.69, 9.17) is 0 Å². The number of benzene rings is 5. The van der Waals surface area contributed by atoms with Gasteiger partial charge >= 0.3 is 0 Å². The first-order valence-corrected chi connectivity index (χ1v) is 14.0. The Morgan fingerprint density at radius 3 is 2.21 bits per heavy atom. The summed E-state index contributed by atoms with van der Waals surface area (Å²) in [5.41, 5.74) is 13.2. The van der Waals surface area contributed by atoms with Crippen molar-refractivity contribution in [3.8, 4) is 16.8 Å². The Kier molecular flexibility index (Phi) is 4.44. The predicted molar refractivity (Wildman–Crippen MR) is 164 cm³/mol. The largest absolute Gasteiger partial charge is 0.377 e. The molecule has 1 N–H and O–H groups in total. The second kappa shape index (κ2) is 7.64. The maximum Gasteiger partial charge on any atom is 0.0606 e. The van der Waals surface area contributed by atoms with E-state index < -0.39 is 0 Å². The number of para-hydroxylation sites is 1. The van der Waals surface area contributed by atoms with Crippen LogP contribution in [0.15, 0.2) is 109 Å². The summed E-state index contributed by atoms with van der Waals surface area (Å²) in [6.07, 6.45) is 0. The van der Waals surface area contributed by atoms with Crippen LogP contribution < -0.4 is 5.32 Å². The highest BCUT2D eigenvalue weighted by atomic mass is 15.0. The monoisotopic (exact) mass is 504 g/mol. The zero-order valence-corrected chi connectivity index (χ0v) is 22.9. The van der Waals surface area contributed by atoms with E-state index in [0.29, 0.717) is 0 Å². The highest BCUT2D eigenvalue weighted by Crippen LogP contribution is 2.54. The van der Waals surface area contributed by atoms with E-state index in [1.165, 1.54) is 66.6 Å². The highest BCUT2D eigenvalue weighted by molar-refractivity contribution is 6.12. The zero-order valence-electron chi connectivity index (χ0n) is 22.9. The molecule has 8 rings (SSSR count). The number of aromatic nitrogens is 1. The van der Waals surface area contributed by atoms with Crippen LogP contribution >= 0.6 is 0 Å². The van der Waals surface area contributed by atoms with Crippen molar-refractivity contribution in [2.75, 3.05) is 5.32 Å². The summed E-state index contributed by atoms with van der Waals surface area (Å²) in [6.45, 7) is 9.52. The molecule has 6 aromatic rings. The molecule has 1 atom stereocenters. The quantitative estimate of drug-likeness (QED) is 0.248. The van der Waals surface area contributed by atoms with Crippen molar-refractivity contribution in [1.82, 2.24) is 4.57 Å². The molecule has 1 aromatic heterocycles. The van der Waals surface area contributed by atoms with Crippen molar-refractivity contribution >= 4 is 27.5 Å². The molecule has 1 unspecified atom stereocenters. The van der Waals surface area contributed by atoms with Crippen LogP contribution in [0.3, 0.4) is 0 Å². The number of rotatable bonds is 2. The Bertz CT molecular complexity index is 1940. The molecule has 2 nitrogen and oxygen atoms in total. The van der Waals surface area contributed by atoms with Crippen LogP contribution in [-0.4, -0.2) is 4.57 Å². The minimum Gasteiger partial charge on any atom is -0.377 e. The molecule has 0 saturated heterocycles. The number of nitrogens with one attached hydrogen (secondary N) is 1. The first kappa shape index (κ1) is 22.7. The number of hydrogen-bond acceptors (Lipinski definition) is 1. The maximum atomic E-state index is 3.91. The van der Waals surface area contributed by atoms with Crippen LogP contribution in [-0.2, 0) is 10.8 Å². The van der Waals surface area contributed by atoms with Crippen molar-refractivity contribution < 1.29 is 0 Å². The number of nitrogens with zero attached hydrogens (tertiary/aromatic N) is 1. The maximum absolute atomic E-state index is 3.91. The molecule has 0 fully saturated rings. The van der Waals surface area contributed by atoms with E-state index in [1.54, 1.807) is 0 Å². The molecule has 0 bridgehead atoms. The van der Waals surface area contributed by atoms with E-state index in [-0.39, 0.29) is 16.9 Å². The molecule has 2 heteroatoms. The van der Waals surface area contributed by atoms with E-state index >= 15 is 0 Å². The lowest BCUT2D eigenvalue weighted by atomic mass is 9.77. The minimum atomic E-state index is -0.103. The van der Waals surface area contributed by atoms with Gasteiger partial charge in [-0.1, -0.05) is 113 Å². The van der Waals surface area contributed by atoms with Gasteiger partial charge in [-0.15, -0.1) is 0 Å². The number of anilines is 1. The van der Waals surface area contributed by atoms with Gasteiger partial charge in [0.15, 0.2) is 0 Å². The lowest BCUT2D eigenvalue weighted by molar-refractivity contribution is 0.476. The van der Waals surface area contributed by atoms with Gasteiger partial charge in [-0.05, 0) is 52.1 Å². The fourth-order valence-corrected chi connectivity index (χ4v) is 7.56. The molecular weight excluding hydrogens is 472 g/mol. The summed E-state index contributed by atoms with van der Waals surface area (Å²) >= 11 is 0. The van der Waals surface area contributed by atoms with Crippen molar-refractivity contribution in [2.45, 2.75) is 44.6 Å². The summed E-state index contributed by atoms with van der Waals surface area (Å²) in [5, 5.41) is 6.53. The molecule has 39 heavy (non-hydrogen) atoms. The van der Waals surface area contributed by atoms with Crippen LogP contribution in [0, 0.1) is 0 Å². The fourth-order valence-electron chi connectivity index (χ4n) is 7.56. The highest BCUT2D eigenvalue weighted by Gasteiger charge is 2.43. The zero-order chi connectivity index (χ0) is 26.5.